The van der Waals surface area contributed by atoms with Gasteiger partial charge in [-0.3, -0.25) is 0 Å². The number of aliphatic hydroxyl groups excluding tert-OH is 1. The second-order valence-electron chi connectivity index (χ2n) is 17.2. The van der Waals surface area contributed by atoms with Crippen LogP contribution in [-0.2, 0) is 22.6 Å². The maximum Gasteiger partial charge on any atom is 0.319 e. The van der Waals surface area contributed by atoms with E-state index in [0.29, 0.717) is 18.0 Å². The van der Waals surface area contributed by atoms with Crippen molar-refractivity contribution in [1.82, 2.24) is 10.2 Å². The summed E-state index contributed by atoms with van der Waals surface area (Å²) in [4.78, 5) is 15.6. The maximum absolute atomic E-state index is 12.9. The first-order valence-corrected chi connectivity index (χ1v) is 23.7. The lowest BCUT2D eigenvalue weighted by molar-refractivity contribution is -0.276. The summed E-state index contributed by atoms with van der Waals surface area (Å²) in [6.07, 6.45) is 14.7. The number of para-hydroxylation sites is 1. The van der Waals surface area contributed by atoms with E-state index in [0.717, 1.165) is 58.8 Å². The Morgan fingerprint density at radius 3 is 1.92 bits per heavy atom. The molecule has 8 heteroatoms. The van der Waals surface area contributed by atoms with Gasteiger partial charge in [0.1, 0.15) is 11.5 Å². The van der Waals surface area contributed by atoms with Crippen molar-refractivity contribution in [3.63, 3.8) is 0 Å². The molecule has 5 aromatic rings. The number of amides is 2. The van der Waals surface area contributed by atoms with Gasteiger partial charge in [-0.2, -0.15) is 0 Å². The third-order valence-corrected chi connectivity index (χ3v) is 12.2. The molecule has 0 unspecified atom stereocenters. The van der Waals surface area contributed by atoms with Crippen molar-refractivity contribution in [2.24, 2.45) is 5.92 Å². The number of benzene rings is 5. The summed E-state index contributed by atoms with van der Waals surface area (Å²) in [5.74, 6) is 1.57. The largest absolute Gasteiger partial charge is 0.457 e. The molecule has 2 amide bonds. The molecule has 5 aromatic carbocycles. The highest BCUT2D eigenvalue weighted by Gasteiger charge is 2.39. The predicted octanol–water partition coefficient (Wildman–Crippen LogP) is 13.8. The van der Waals surface area contributed by atoms with E-state index < -0.39 is 6.29 Å². The van der Waals surface area contributed by atoms with Gasteiger partial charge in [-0.05, 0) is 102 Å². The van der Waals surface area contributed by atoms with E-state index in [1.54, 1.807) is 0 Å². The summed E-state index contributed by atoms with van der Waals surface area (Å²) >= 11 is 0. The highest BCUT2D eigenvalue weighted by Crippen LogP contribution is 2.42. The Labute approximate surface area is 377 Å². The van der Waals surface area contributed by atoms with Crippen LogP contribution in [0.5, 0.6) is 11.5 Å². The number of unbranched alkanes of at least 4 members (excludes halogenated alkanes) is 10. The third-order valence-electron chi connectivity index (χ3n) is 12.2. The number of carbonyl (C=O) groups is 1. The van der Waals surface area contributed by atoms with Crippen molar-refractivity contribution in [1.29, 1.82) is 0 Å². The van der Waals surface area contributed by atoms with Gasteiger partial charge in [0.05, 0.1) is 18.8 Å². The number of rotatable bonds is 25. The Balaban J connectivity index is 1.12. The monoisotopic (exact) mass is 854 g/mol. The molecule has 0 saturated carbocycles. The number of nitrogens with zero attached hydrogens (tertiary/aromatic N) is 1. The molecule has 1 aliphatic heterocycles. The fourth-order valence-electron chi connectivity index (χ4n) is 8.42. The van der Waals surface area contributed by atoms with Crippen LogP contribution in [0.15, 0.2) is 127 Å². The molecule has 63 heavy (non-hydrogen) atoms. The molecule has 6 rings (SSSR count). The topological polar surface area (TPSA) is 92.3 Å². The number of aliphatic hydroxyl groups is 1. The SMILES string of the molecule is CCCCCCCCN(CCCCCCCC)C[C@H]1O[C@@H](c2cccc(-c3cccc(CNC(=O)Nc4ccc(Oc5ccccc5)cc4)c3)c2)O[C@@H](c2ccc(CO)cc2)[C@H]1C. The standard InChI is InChI=1S/C55H71N3O5/c1-4-6-8-10-12-17-35-58(36-18-13-11-9-7-5-2)40-52-42(3)53(45-29-27-43(41-59)28-30-45)63-54(62-52)48-24-20-23-47(38-48)46-22-19-21-44(37-46)39-56-55(60)57-49-31-33-51(34-32-49)61-50-25-15-14-16-26-50/h14-16,19-34,37-38,42,52-54,59H,4-13,17-18,35-36,39-41H2,1-3H3,(H2,56,57,60)/t42-,52+,53+,54+/m0/s1. The smallest absolute Gasteiger partial charge is 0.319 e. The van der Waals surface area contributed by atoms with Crippen molar-refractivity contribution in [3.05, 3.63) is 150 Å². The average molecular weight is 854 g/mol. The van der Waals surface area contributed by atoms with Crippen LogP contribution in [0.25, 0.3) is 11.1 Å². The summed E-state index contributed by atoms with van der Waals surface area (Å²) in [7, 11) is 0. The van der Waals surface area contributed by atoms with E-state index in [9.17, 15) is 9.90 Å². The number of ether oxygens (including phenoxy) is 3. The zero-order valence-electron chi connectivity index (χ0n) is 38.0. The number of nitrogens with one attached hydrogen (secondary N) is 2. The first-order chi connectivity index (χ1) is 30.9. The molecule has 0 radical (unpaired) electrons. The van der Waals surface area contributed by atoms with Crippen LogP contribution >= 0.6 is 0 Å². The Morgan fingerprint density at radius 1 is 0.635 bits per heavy atom. The molecule has 1 fully saturated rings. The molecule has 0 aromatic heterocycles. The van der Waals surface area contributed by atoms with Gasteiger partial charge < -0.3 is 34.9 Å². The van der Waals surface area contributed by atoms with E-state index >= 15 is 0 Å². The summed E-state index contributed by atoms with van der Waals surface area (Å²) in [5.41, 5.74) is 6.73. The molecular formula is C55H71N3O5. The number of anilines is 1. The molecule has 336 valence electrons. The summed E-state index contributed by atoms with van der Waals surface area (Å²) in [6, 6.07) is 41.6. The van der Waals surface area contributed by atoms with E-state index in [1.807, 2.05) is 78.9 Å². The number of hydrogen-bond acceptors (Lipinski definition) is 6. The molecule has 0 bridgehead atoms. The minimum atomic E-state index is -0.550. The molecular weight excluding hydrogens is 783 g/mol. The van der Waals surface area contributed by atoms with Crippen LogP contribution in [-0.4, -0.2) is 41.8 Å². The Kier molecular flexibility index (Phi) is 19.6. The highest BCUT2D eigenvalue weighted by molar-refractivity contribution is 5.89. The Bertz CT molecular complexity index is 2040. The molecule has 0 aliphatic carbocycles. The van der Waals surface area contributed by atoms with E-state index in [4.69, 9.17) is 14.2 Å². The normalized spacial score (nSPS) is 17.4. The second-order valence-corrected chi connectivity index (χ2v) is 17.2. The second kappa shape index (κ2) is 26.0. The molecule has 3 N–H and O–H groups in total. The van der Waals surface area contributed by atoms with Crippen LogP contribution in [0.1, 0.15) is 132 Å². The van der Waals surface area contributed by atoms with Crippen LogP contribution in [0, 0.1) is 5.92 Å². The zero-order valence-corrected chi connectivity index (χ0v) is 38.0. The molecule has 0 spiro atoms. The van der Waals surface area contributed by atoms with Crippen molar-refractivity contribution in [3.8, 4) is 22.6 Å². The summed E-state index contributed by atoms with van der Waals surface area (Å²) in [5, 5.41) is 15.7. The van der Waals surface area contributed by atoms with Gasteiger partial charge in [-0.1, -0.05) is 164 Å². The molecule has 8 nitrogen and oxygen atoms in total. The minimum absolute atomic E-state index is 0.0132. The van der Waals surface area contributed by atoms with E-state index in [1.165, 1.54) is 77.0 Å². The molecule has 4 atom stereocenters. The number of hydrogen-bond donors (Lipinski definition) is 3. The summed E-state index contributed by atoms with van der Waals surface area (Å²) < 4.78 is 19.8. The Morgan fingerprint density at radius 2 is 1.25 bits per heavy atom. The van der Waals surface area contributed by atoms with Gasteiger partial charge in [-0.25, -0.2) is 4.79 Å². The van der Waals surface area contributed by atoms with Crippen molar-refractivity contribution < 1.29 is 24.1 Å². The van der Waals surface area contributed by atoms with Crippen molar-refractivity contribution >= 4 is 11.7 Å². The molecule has 1 aliphatic rings. The highest BCUT2D eigenvalue weighted by atomic mass is 16.7. The van der Waals surface area contributed by atoms with Gasteiger partial charge in [-0.15, -0.1) is 0 Å². The number of urea groups is 1. The first-order valence-electron chi connectivity index (χ1n) is 23.7. The van der Waals surface area contributed by atoms with Gasteiger partial charge in [0.2, 0.25) is 0 Å². The summed E-state index contributed by atoms with van der Waals surface area (Å²) in [6.45, 7) is 10.3. The third kappa shape index (κ3) is 15.4. The Hall–Kier alpha value is -4.99. The van der Waals surface area contributed by atoms with E-state index in [-0.39, 0.29) is 30.8 Å². The van der Waals surface area contributed by atoms with Gasteiger partial charge in [0, 0.05) is 30.3 Å². The quantitative estimate of drug-likeness (QED) is 0.0507. The van der Waals surface area contributed by atoms with Crippen molar-refractivity contribution in [2.75, 3.05) is 25.0 Å². The van der Waals surface area contributed by atoms with Crippen LogP contribution in [0.2, 0.25) is 0 Å². The number of carbonyl (C=O) groups excluding carboxylic acids is 1. The van der Waals surface area contributed by atoms with Gasteiger partial charge in [0.15, 0.2) is 6.29 Å². The fourth-order valence-corrected chi connectivity index (χ4v) is 8.42. The minimum Gasteiger partial charge on any atom is -0.457 e. The van der Waals surface area contributed by atoms with Crippen molar-refractivity contribution in [2.45, 2.75) is 129 Å². The lowest BCUT2D eigenvalue weighted by Gasteiger charge is -2.43. The molecule has 1 saturated heterocycles. The fraction of sp³-hybridized carbons (Fsp3) is 0.436. The lowest BCUT2D eigenvalue weighted by Crippen LogP contribution is -2.45. The first kappa shape index (κ1) is 47.5. The molecule has 1 heterocycles. The average Bonchev–Trinajstić information content (AvgIpc) is 3.32. The maximum atomic E-state index is 12.9. The zero-order chi connectivity index (χ0) is 44.1. The van der Waals surface area contributed by atoms with E-state index in [2.05, 4.69) is 84.8 Å². The van der Waals surface area contributed by atoms with Gasteiger partial charge >= 0.3 is 6.03 Å². The van der Waals surface area contributed by atoms with Crippen LogP contribution < -0.4 is 15.4 Å². The lowest BCUT2D eigenvalue weighted by atomic mass is 9.89. The van der Waals surface area contributed by atoms with Gasteiger partial charge in [0.25, 0.3) is 0 Å². The van der Waals surface area contributed by atoms with Crippen LogP contribution in [0.4, 0.5) is 10.5 Å². The predicted molar refractivity (Wildman–Crippen MR) is 257 cm³/mol. The van der Waals surface area contributed by atoms with Crippen LogP contribution in [0.3, 0.4) is 0 Å².